The van der Waals surface area contributed by atoms with E-state index in [1.54, 1.807) is 48.5 Å². The number of methoxy groups -OCH3 is 2. The maximum absolute atomic E-state index is 12.8. The molecule has 162 valence electrons. The number of hydrogen-bond acceptors (Lipinski definition) is 5. The van der Waals surface area contributed by atoms with Crippen molar-refractivity contribution in [2.45, 2.75) is 18.2 Å². The van der Waals surface area contributed by atoms with Crippen LogP contribution in [0.25, 0.3) is 0 Å². The van der Waals surface area contributed by atoms with Gasteiger partial charge in [0.2, 0.25) is 0 Å². The van der Waals surface area contributed by atoms with Gasteiger partial charge in [0.1, 0.15) is 11.5 Å². The van der Waals surface area contributed by atoms with Crippen LogP contribution < -0.4 is 19.5 Å². The van der Waals surface area contributed by atoms with Crippen LogP contribution in [0.1, 0.15) is 22.8 Å². The monoisotopic (exact) mass is 440 g/mol. The minimum atomic E-state index is -3.85. The van der Waals surface area contributed by atoms with Crippen molar-refractivity contribution < 1.29 is 22.7 Å². The molecule has 0 atom stereocenters. The molecule has 0 heterocycles. The van der Waals surface area contributed by atoms with Crippen molar-refractivity contribution in [1.29, 1.82) is 0 Å². The summed E-state index contributed by atoms with van der Waals surface area (Å²) in [5, 5.41) is 2.77. The molecular formula is C23H24N2O5S. The predicted molar refractivity (Wildman–Crippen MR) is 121 cm³/mol. The Morgan fingerprint density at radius 2 is 1.45 bits per heavy atom. The molecule has 2 N–H and O–H groups in total. The molecule has 0 aliphatic heterocycles. The van der Waals surface area contributed by atoms with Crippen LogP contribution in [0.15, 0.2) is 71.6 Å². The summed E-state index contributed by atoms with van der Waals surface area (Å²) in [5.74, 6) is 0.187. The molecule has 1 amide bonds. The van der Waals surface area contributed by atoms with Crippen LogP contribution >= 0.6 is 0 Å². The first kappa shape index (κ1) is 22.2. The molecule has 3 aromatic carbocycles. The zero-order valence-corrected chi connectivity index (χ0v) is 18.3. The Morgan fingerprint density at radius 3 is 2.03 bits per heavy atom. The fourth-order valence-corrected chi connectivity index (χ4v) is 4.03. The van der Waals surface area contributed by atoms with E-state index >= 15 is 0 Å². The Hall–Kier alpha value is -3.52. The third-order valence-electron chi connectivity index (χ3n) is 4.69. The summed E-state index contributed by atoms with van der Waals surface area (Å²) in [5.41, 5.74) is 2.06. The van der Waals surface area contributed by atoms with Gasteiger partial charge in [0.05, 0.1) is 30.5 Å². The summed E-state index contributed by atoms with van der Waals surface area (Å²) < 4.78 is 38.9. The summed E-state index contributed by atoms with van der Waals surface area (Å²) in [6.07, 6.45) is 0.814. The Kier molecular flexibility index (Phi) is 6.81. The van der Waals surface area contributed by atoms with Crippen molar-refractivity contribution in [2.75, 3.05) is 24.3 Å². The number of anilines is 2. The fraction of sp³-hybridized carbons (Fsp3) is 0.174. The van der Waals surface area contributed by atoms with Crippen molar-refractivity contribution in [3.05, 3.63) is 77.9 Å². The molecule has 0 fully saturated rings. The number of carbonyl (C=O) groups excluding carboxylic acids is 1. The molecule has 0 radical (unpaired) electrons. The molecule has 3 rings (SSSR count). The molecule has 0 spiro atoms. The molecule has 31 heavy (non-hydrogen) atoms. The van der Waals surface area contributed by atoms with Gasteiger partial charge in [-0.15, -0.1) is 0 Å². The lowest BCUT2D eigenvalue weighted by atomic mass is 10.2. The Labute approximate surface area is 182 Å². The molecule has 0 saturated heterocycles. The van der Waals surface area contributed by atoms with E-state index in [0.29, 0.717) is 11.3 Å². The number of nitrogens with one attached hydrogen (secondary N) is 2. The second kappa shape index (κ2) is 9.53. The maximum Gasteiger partial charge on any atom is 0.262 e. The van der Waals surface area contributed by atoms with Gasteiger partial charge in [0.15, 0.2) is 0 Å². The number of sulfonamides is 1. The predicted octanol–water partition coefficient (Wildman–Crippen LogP) is 4.32. The highest BCUT2D eigenvalue weighted by molar-refractivity contribution is 7.92. The topological polar surface area (TPSA) is 93.7 Å². The van der Waals surface area contributed by atoms with Gasteiger partial charge in [-0.3, -0.25) is 9.52 Å². The number of hydrogen-bond donors (Lipinski definition) is 2. The van der Waals surface area contributed by atoms with E-state index in [0.717, 1.165) is 12.0 Å². The van der Waals surface area contributed by atoms with Crippen LogP contribution in [0.5, 0.6) is 11.5 Å². The largest absolute Gasteiger partial charge is 0.494 e. The molecular weight excluding hydrogens is 416 g/mol. The third kappa shape index (κ3) is 5.16. The first-order valence-corrected chi connectivity index (χ1v) is 11.1. The Morgan fingerprint density at radius 1 is 0.871 bits per heavy atom. The number of benzene rings is 3. The van der Waals surface area contributed by atoms with Crippen molar-refractivity contribution in [3.63, 3.8) is 0 Å². The van der Waals surface area contributed by atoms with Crippen LogP contribution in [0.2, 0.25) is 0 Å². The van der Waals surface area contributed by atoms with E-state index in [4.69, 9.17) is 9.47 Å². The second-order valence-electron chi connectivity index (χ2n) is 6.68. The molecule has 0 aliphatic carbocycles. The number of carbonyl (C=O) groups is 1. The zero-order chi connectivity index (χ0) is 22.4. The van der Waals surface area contributed by atoms with E-state index in [2.05, 4.69) is 10.0 Å². The first-order valence-electron chi connectivity index (χ1n) is 9.62. The number of rotatable bonds is 8. The van der Waals surface area contributed by atoms with Crippen LogP contribution in [-0.4, -0.2) is 28.5 Å². The second-order valence-corrected chi connectivity index (χ2v) is 8.36. The lowest BCUT2D eigenvalue weighted by Crippen LogP contribution is -2.15. The fourth-order valence-electron chi connectivity index (χ4n) is 2.97. The lowest BCUT2D eigenvalue weighted by Gasteiger charge is -2.17. The average molecular weight is 441 g/mol. The maximum atomic E-state index is 12.8. The SMILES string of the molecule is CCc1ccc(S(=O)(=O)Nc2cc(OC)c(NC(=O)c3ccccc3)cc2OC)cc1. The molecule has 7 nitrogen and oxygen atoms in total. The van der Waals surface area contributed by atoms with E-state index in [1.807, 2.05) is 13.0 Å². The molecule has 3 aromatic rings. The van der Waals surface area contributed by atoms with Crippen LogP contribution in [0, 0.1) is 0 Å². The molecule has 0 saturated carbocycles. The molecule has 0 bridgehead atoms. The van der Waals surface area contributed by atoms with Gasteiger partial charge < -0.3 is 14.8 Å². The van der Waals surface area contributed by atoms with Crippen LogP contribution in [-0.2, 0) is 16.4 Å². The molecule has 0 aromatic heterocycles. The Bertz CT molecular complexity index is 1160. The summed E-state index contributed by atoms with van der Waals surface area (Å²) in [6.45, 7) is 2.00. The number of amides is 1. The molecule has 0 aliphatic rings. The van der Waals surface area contributed by atoms with E-state index in [1.165, 1.54) is 26.4 Å². The van der Waals surface area contributed by atoms with E-state index in [-0.39, 0.29) is 28.0 Å². The summed E-state index contributed by atoms with van der Waals surface area (Å²) in [6, 6.07) is 18.3. The van der Waals surface area contributed by atoms with E-state index in [9.17, 15) is 13.2 Å². The standard InChI is InChI=1S/C23H24N2O5S/c1-4-16-10-12-18(13-11-16)31(27,28)25-20-15-21(29-2)19(14-22(20)30-3)24-23(26)17-8-6-5-7-9-17/h5-15,25H,4H2,1-3H3,(H,24,26). The van der Waals surface area contributed by atoms with Gasteiger partial charge in [0, 0.05) is 17.7 Å². The van der Waals surface area contributed by atoms with Gasteiger partial charge in [-0.05, 0) is 36.2 Å². The lowest BCUT2D eigenvalue weighted by molar-refractivity contribution is 0.102. The third-order valence-corrected chi connectivity index (χ3v) is 6.07. The average Bonchev–Trinajstić information content (AvgIpc) is 2.80. The van der Waals surface area contributed by atoms with E-state index < -0.39 is 10.0 Å². The van der Waals surface area contributed by atoms with Crippen molar-refractivity contribution in [2.24, 2.45) is 0 Å². The summed E-state index contributed by atoms with van der Waals surface area (Å²) in [4.78, 5) is 12.6. The van der Waals surface area contributed by atoms with Crippen molar-refractivity contribution in [3.8, 4) is 11.5 Å². The molecule has 0 unspecified atom stereocenters. The number of aryl methyl sites for hydroxylation is 1. The normalized spacial score (nSPS) is 10.9. The minimum Gasteiger partial charge on any atom is -0.494 e. The van der Waals surface area contributed by atoms with Crippen LogP contribution in [0.4, 0.5) is 11.4 Å². The van der Waals surface area contributed by atoms with Gasteiger partial charge in [-0.2, -0.15) is 0 Å². The van der Waals surface area contributed by atoms with Crippen LogP contribution in [0.3, 0.4) is 0 Å². The number of ether oxygens (including phenoxy) is 2. The van der Waals surface area contributed by atoms with Crippen molar-refractivity contribution in [1.82, 2.24) is 0 Å². The van der Waals surface area contributed by atoms with Gasteiger partial charge >= 0.3 is 0 Å². The van der Waals surface area contributed by atoms with Gasteiger partial charge in [-0.25, -0.2) is 8.42 Å². The molecule has 8 heteroatoms. The minimum absolute atomic E-state index is 0.132. The first-order chi connectivity index (χ1) is 14.9. The van der Waals surface area contributed by atoms with Gasteiger partial charge in [0.25, 0.3) is 15.9 Å². The quantitative estimate of drug-likeness (QED) is 0.544. The summed E-state index contributed by atoms with van der Waals surface area (Å²) in [7, 11) is -1.00. The highest BCUT2D eigenvalue weighted by Gasteiger charge is 2.20. The highest BCUT2D eigenvalue weighted by atomic mass is 32.2. The highest BCUT2D eigenvalue weighted by Crippen LogP contribution is 2.37. The smallest absolute Gasteiger partial charge is 0.262 e. The Balaban J connectivity index is 1.91. The summed E-state index contributed by atoms with van der Waals surface area (Å²) >= 11 is 0. The zero-order valence-electron chi connectivity index (χ0n) is 17.5. The van der Waals surface area contributed by atoms with Crippen molar-refractivity contribution >= 4 is 27.3 Å². The van der Waals surface area contributed by atoms with Gasteiger partial charge in [-0.1, -0.05) is 37.3 Å².